The number of hydrogen-bond donors (Lipinski definition) is 0. The van der Waals surface area contributed by atoms with Crippen molar-refractivity contribution in [1.82, 2.24) is 0 Å². The van der Waals surface area contributed by atoms with Gasteiger partial charge in [-0.05, 0) is 37.5 Å². The van der Waals surface area contributed by atoms with Gasteiger partial charge in [-0.15, -0.1) is 0 Å². The average Bonchev–Trinajstić information content (AvgIpc) is 2.64. The Kier molecular flexibility index (Phi) is 6.50. The Morgan fingerprint density at radius 3 is 1.19 bits per heavy atom. The van der Waals surface area contributed by atoms with Gasteiger partial charge in [-0.2, -0.15) is 13.5 Å². The minimum atomic E-state index is -1.02. The third-order valence-corrected chi connectivity index (χ3v) is 4.33. The highest BCUT2D eigenvalue weighted by atomic mass is 32.1. The van der Waals surface area contributed by atoms with Gasteiger partial charge in [0, 0.05) is 0 Å². The van der Waals surface area contributed by atoms with Crippen molar-refractivity contribution in [3.8, 4) is 0 Å². The standard InChI is InChI=1S/C24H24O2.H2S/c1-23(2,3)26-22(25)24(19-13-7-4-8-14-19,20-15-9-5-10-16-20)21-17-11-6-12-18-21;/h4-18H,1-3H3;1H2. The molecule has 3 rings (SSSR count). The summed E-state index contributed by atoms with van der Waals surface area (Å²) in [5.41, 5.74) is 1.09. The van der Waals surface area contributed by atoms with E-state index in [1.165, 1.54) is 0 Å². The van der Waals surface area contributed by atoms with Crippen molar-refractivity contribution in [2.75, 3.05) is 0 Å². The van der Waals surface area contributed by atoms with Crippen molar-refractivity contribution in [3.05, 3.63) is 108 Å². The summed E-state index contributed by atoms with van der Waals surface area (Å²) >= 11 is 0. The summed E-state index contributed by atoms with van der Waals surface area (Å²) in [6, 6.07) is 29.6. The molecule has 27 heavy (non-hydrogen) atoms. The molecule has 0 fully saturated rings. The molecule has 0 aliphatic rings. The molecule has 0 aromatic heterocycles. The van der Waals surface area contributed by atoms with Crippen LogP contribution in [0.1, 0.15) is 37.5 Å². The summed E-state index contributed by atoms with van der Waals surface area (Å²) in [5, 5.41) is 0. The Morgan fingerprint density at radius 1 is 0.630 bits per heavy atom. The molecule has 0 radical (unpaired) electrons. The minimum absolute atomic E-state index is 0. The van der Waals surface area contributed by atoms with Gasteiger partial charge in [-0.1, -0.05) is 91.0 Å². The van der Waals surface area contributed by atoms with Crippen LogP contribution in [0.3, 0.4) is 0 Å². The predicted octanol–water partition coefficient (Wildman–Crippen LogP) is 5.48. The zero-order valence-electron chi connectivity index (χ0n) is 16.0. The van der Waals surface area contributed by atoms with Crippen molar-refractivity contribution in [2.24, 2.45) is 0 Å². The number of rotatable bonds is 4. The van der Waals surface area contributed by atoms with Crippen LogP contribution in [0.25, 0.3) is 0 Å². The number of esters is 1. The maximum absolute atomic E-state index is 13.7. The molecule has 2 nitrogen and oxygen atoms in total. The molecule has 0 atom stereocenters. The average molecular weight is 379 g/mol. The second-order valence-electron chi connectivity index (χ2n) is 7.35. The fourth-order valence-corrected chi connectivity index (χ4v) is 3.27. The molecule has 3 heteroatoms. The van der Waals surface area contributed by atoms with Gasteiger partial charge in [0.1, 0.15) is 11.0 Å². The molecular formula is C24H26O2S. The summed E-state index contributed by atoms with van der Waals surface area (Å²) in [6.45, 7) is 5.70. The van der Waals surface area contributed by atoms with Crippen LogP contribution in [0.2, 0.25) is 0 Å². The summed E-state index contributed by atoms with van der Waals surface area (Å²) in [6.07, 6.45) is 0. The van der Waals surface area contributed by atoms with Gasteiger partial charge in [0.05, 0.1) is 0 Å². The first kappa shape index (κ1) is 20.8. The zero-order valence-corrected chi connectivity index (χ0v) is 17.0. The highest BCUT2D eigenvalue weighted by Gasteiger charge is 2.46. The van der Waals surface area contributed by atoms with Crippen molar-refractivity contribution in [3.63, 3.8) is 0 Å². The molecule has 0 bridgehead atoms. The van der Waals surface area contributed by atoms with Crippen molar-refractivity contribution < 1.29 is 9.53 Å². The lowest BCUT2D eigenvalue weighted by molar-refractivity contribution is -0.158. The van der Waals surface area contributed by atoms with Gasteiger partial charge in [0.25, 0.3) is 0 Å². The van der Waals surface area contributed by atoms with Crippen LogP contribution < -0.4 is 0 Å². The largest absolute Gasteiger partial charge is 0.459 e. The lowest BCUT2D eigenvalue weighted by atomic mass is 9.69. The number of hydrogen-bond acceptors (Lipinski definition) is 2. The van der Waals surface area contributed by atoms with Gasteiger partial charge in [-0.25, -0.2) is 0 Å². The van der Waals surface area contributed by atoms with Crippen LogP contribution in [-0.2, 0) is 14.9 Å². The molecule has 3 aromatic rings. The number of ether oxygens (including phenoxy) is 1. The van der Waals surface area contributed by atoms with Gasteiger partial charge in [0.15, 0.2) is 0 Å². The van der Waals surface area contributed by atoms with Crippen LogP contribution in [-0.4, -0.2) is 11.6 Å². The number of carbonyl (C=O) groups is 1. The van der Waals surface area contributed by atoms with E-state index in [1.54, 1.807) is 0 Å². The molecule has 0 saturated carbocycles. The van der Waals surface area contributed by atoms with E-state index >= 15 is 0 Å². The fraction of sp³-hybridized carbons (Fsp3) is 0.208. The topological polar surface area (TPSA) is 26.3 Å². The molecule has 0 heterocycles. The molecule has 0 unspecified atom stereocenters. The maximum atomic E-state index is 13.7. The Labute approximate surface area is 168 Å². The molecule has 140 valence electrons. The van der Waals surface area contributed by atoms with E-state index in [9.17, 15) is 4.79 Å². The van der Waals surface area contributed by atoms with E-state index in [0.29, 0.717) is 0 Å². The fourth-order valence-electron chi connectivity index (χ4n) is 3.27. The number of benzene rings is 3. The van der Waals surface area contributed by atoms with E-state index in [1.807, 2.05) is 112 Å². The Morgan fingerprint density at radius 2 is 0.926 bits per heavy atom. The third kappa shape index (κ3) is 4.25. The van der Waals surface area contributed by atoms with Crippen LogP contribution in [0.15, 0.2) is 91.0 Å². The van der Waals surface area contributed by atoms with Gasteiger partial charge in [0.2, 0.25) is 0 Å². The molecule has 0 saturated heterocycles. The molecule has 0 aliphatic carbocycles. The van der Waals surface area contributed by atoms with Gasteiger partial charge in [-0.3, -0.25) is 4.79 Å². The van der Waals surface area contributed by atoms with Crippen LogP contribution >= 0.6 is 13.5 Å². The molecular weight excluding hydrogens is 352 g/mol. The highest BCUT2D eigenvalue weighted by molar-refractivity contribution is 7.59. The molecule has 0 aliphatic heterocycles. The lowest BCUT2D eigenvalue weighted by Gasteiger charge is -2.36. The smallest absolute Gasteiger partial charge is 0.326 e. The quantitative estimate of drug-likeness (QED) is 0.444. The Bertz CT molecular complexity index is 756. The first-order valence-electron chi connectivity index (χ1n) is 8.84. The molecule has 0 amide bonds. The van der Waals surface area contributed by atoms with Crippen molar-refractivity contribution in [1.29, 1.82) is 0 Å². The van der Waals surface area contributed by atoms with Gasteiger partial charge >= 0.3 is 5.97 Å². The second-order valence-corrected chi connectivity index (χ2v) is 7.35. The summed E-state index contributed by atoms with van der Waals surface area (Å²) in [7, 11) is 0. The highest BCUT2D eigenvalue weighted by Crippen LogP contribution is 2.41. The van der Waals surface area contributed by atoms with E-state index in [2.05, 4.69) is 0 Å². The van der Waals surface area contributed by atoms with Gasteiger partial charge < -0.3 is 4.74 Å². The van der Waals surface area contributed by atoms with Crippen molar-refractivity contribution >= 4 is 19.5 Å². The zero-order chi connectivity index (χ0) is 18.6. The van der Waals surface area contributed by atoms with Crippen molar-refractivity contribution in [2.45, 2.75) is 31.8 Å². The third-order valence-electron chi connectivity index (χ3n) is 4.33. The predicted molar refractivity (Wildman–Crippen MR) is 115 cm³/mol. The summed E-state index contributed by atoms with van der Waals surface area (Å²) in [5.74, 6) is -0.270. The normalized spacial score (nSPS) is 11.4. The van der Waals surface area contributed by atoms with E-state index in [-0.39, 0.29) is 19.5 Å². The first-order chi connectivity index (χ1) is 12.4. The lowest BCUT2D eigenvalue weighted by Crippen LogP contribution is -2.43. The molecule has 0 spiro atoms. The second kappa shape index (κ2) is 8.45. The minimum Gasteiger partial charge on any atom is -0.459 e. The molecule has 0 N–H and O–H groups in total. The van der Waals surface area contributed by atoms with Crippen LogP contribution in [0, 0.1) is 0 Å². The summed E-state index contributed by atoms with van der Waals surface area (Å²) < 4.78 is 5.93. The molecule has 3 aromatic carbocycles. The summed E-state index contributed by atoms with van der Waals surface area (Å²) in [4.78, 5) is 13.7. The first-order valence-corrected chi connectivity index (χ1v) is 8.84. The van der Waals surface area contributed by atoms with E-state index in [4.69, 9.17) is 4.74 Å². The van der Waals surface area contributed by atoms with E-state index in [0.717, 1.165) is 16.7 Å². The Hall–Kier alpha value is -2.52. The van der Waals surface area contributed by atoms with Crippen LogP contribution in [0.4, 0.5) is 0 Å². The number of carbonyl (C=O) groups excluding carboxylic acids is 1. The maximum Gasteiger partial charge on any atom is 0.326 e. The van der Waals surface area contributed by atoms with Crippen LogP contribution in [0.5, 0.6) is 0 Å². The monoisotopic (exact) mass is 378 g/mol. The van der Waals surface area contributed by atoms with E-state index < -0.39 is 11.0 Å². The Balaban J connectivity index is 0.00000261. The SMILES string of the molecule is CC(C)(C)OC(=O)C(c1ccccc1)(c1ccccc1)c1ccccc1.S.